The van der Waals surface area contributed by atoms with Crippen LogP contribution in [-0.2, 0) is 9.53 Å². The molecular weight excluding hydrogens is 272 g/mol. The van der Waals surface area contributed by atoms with Crippen molar-refractivity contribution in [3.63, 3.8) is 0 Å². The van der Waals surface area contributed by atoms with Crippen LogP contribution in [0.25, 0.3) is 0 Å². The van der Waals surface area contributed by atoms with Crippen LogP contribution in [0.3, 0.4) is 0 Å². The molecule has 1 rings (SSSR count). The van der Waals surface area contributed by atoms with Gasteiger partial charge in [-0.05, 0) is 24.6 Å². The predicted octanol–water partition coefficient (Wildman–Crippen LogP) is 2.34. The summed E-state index contributed by atoms with van der Waals surface area (Å²) >= 11 is 10.8. The van der Waals surface area contributed by atoms with E-state index in [1.54, 1.807) is 18.2 Å². The van der Waals surface area contributed by atoms with E-state index >= 15 is 0 Å². The number of methoxy groups -OCH3 is 1. The zero-order chi connectivity index (χ0) is 13.7. The first kappa shape index (κ1) is 14.7. The van der Waals surface area contributed by atoms with Crippen LogP contribution < -0.4 is 11.1 Å². The van der Waals surface area contributed by atoms with Crippen molar-refractivity contribution in [3.8, 4) is 0 Å². The van der Waals surface area contributed by atoms with Crippen LogP contribution in [0.15, 0.2) is 18.2 Å². The molecule has 1 aromatic carbocycles. The highest BCUT2D eigenvalue weighted by atomic mass is 35.5. The Balaban J connectivity index is 3.02. The third-order valence-electron chi connectivity index (χ3n) is 2.47. The molecule has 0 radical (unpaired) electrons. The lowest BCUT2D eigenvalue weighted by Crippen LogP contribution is -2.30. The summed E-state index contributed by atoms with van der Waals surface area (Å²) in [6.45, 7) is 1.88. The normalized spacial score (nSPS) is 11.7. The van der Waals surface area contributed by atoms with Gasteiger partial charge in [0.15, 0.2) is 0 Å². The third kappa shape index (κ3) is 3.58. The third-order valence-corrected chi connectivity index (χ3v) is 2.93. The molecule has 0 spiro atoms. The Morgan fingerprint density at radius 2 is 2.28 bits per heavy atom. The lowest BCUT2D eigenvalue weighted by atomic mass is 10.1. The Morgan fingerprint density at radius 3 is 2.78 bits per heavy atom. The Morgan fingerprint density at radius 1 is 1.61 bits per heavy atom. The quantitative estimate of drug-likeness (QED) is 0.642. The summed E-state index contributed by atoms with van der Waals surface area (Å²) in [6, 6.07) is 4.66. The molecule has 0 saturated heterocycles. The number of benzene rings is 1. The number of esters is 1. The van der Waals surface area contributed by atoms with Crippen molar-refractivity contribution >= 4 is 40.5 Å². The topological polar surface area (TPSA) is 64.3 Å². The minimum Gasteiger partial charge on any atom is -0.467 e. The summed E-state index contributed by atoms with van der Waals surface area (Å²) in [4.78, 5) is 11.7. The van der Waals surface area contributed by atoms with Crippen LogP contribution in [0, 0.1) is 0 Å². The number of hydrogen-bond acceptors (Lipinski definition) is 4. The Hall–Kier alpha value is -1.33. The first-order chi connectivity index (χ1) is 8.49. The van der Waals surface area contributed by atoms with Gasteiger partial charge in [-0.25, -0.2) is 4.79 Å². The molecule has 0 saturated carbocycles. The van der Waals surface area contributed by atoms with Gasteiger partial charge in [0.2, 0.25) is 0 Å². The number of nitrogens with one attached hydrogen (secondary N) is 1. The van der Waals surface area contributed by atoms with E-state index in [0.29, 0.717) is 22.7 Å². The lowest BCUT2D eigenvalue weighted by molar-refractivity contribution is -0.141. The van der Waals surface area contributed by atoms with E-state index in [0.717, 1.165) is 0 Å². The second kappa shape index (κ2) is 6.56. The first-order valence-corrected chi connectivity index (χ1v) is 6.22. The average molecular weight is 287 g/mol. The van der Waals surface area contributed by atoms with Gasteiger partial charge < -0.3 is 15.8 Å². The molecule has 1 atom stereocenters. The first-order valence-electron chi connectivity index (χ1n) is 5.43. The predicted molar refractivity (Wildman–Crippen MR) is 77.1 cm³/mol. The van der Waals surface area contributed by atoms with Crippen molar-refractivity contribution in [2.45, 2.75) is 19.4 Å². The van der Waals surface area contributed by atoms with Crippen molar-refractivity contribution < 1.29 is 9.53 Å². The molecule has 1 unspecified atom stereocenters. The van der Waals surface area contributed by atoms with E-state index in [2.05, 4.69) is 5.32 Å². The van der Waals surface area contributed by atoms with Crippen LogP contribution in [0.4, 0.5) is 5.69 Å². The molecule has 1 aromatic rings. The second-order valence-electron chi connectivity index (χ2n) is 3.68. The van der Waals surface area contributed by atoms with Crippen molar-refractivity contribution in [3.05, 3.63) is 28.8 Å². The Kier molecular flexibility index (Phi) is 5.37. The molecule has 0 heterocycles. The van der Waals surface area contributed by atoms with Gasteiger partial charge in [0.05, 0.1) is 7.11 Å². The largest absolute Gasteiger partial charge is 0.467 e. The molecule has 0 amide bonds. The number of halogens is 1. The van der Waals surface area contributed by atoms with Gasteiger partial charge in [-0.15, -0.1) is 0 Å². The van der Waals surface area contributed by atoms with E-state index in [-0.39, 0.29) is 11.0 Å². The summed E-state index contributed by atoms with van der Waals surface area (Å²) in [5.74, 6) is -0.332. The fraction of sp³-hybridized carbons (Fsp3) is 0.333. The van der Waals surface area contributed by atoms with Crippen LogP contribution in [0.5, 0.6) is 0 Å². The lowest BCUT2D eigenvalue weighted by Gasteiger charge is -2.18. The van der Waals surface area contributed by atoms with Crippen LogP contribution >= 0.6 is 23.8 Å². The van der Waals surface area contributed by atoms with E-state index in [1.807, 2.05) is 6.92 Å². The SMILES string of the molecule is CCC(Nc1ccc(Cl)cc1C(N)=S)C(=O)OC. The molecule has 0 fully saturated rings. The molecule has 6 heteroatoms. The fourth-order valence-electron chi connectivity index (χ4n) is 1.50. The molecule has 3 N–H and O–H groups in total. The molecule has 0 aliphatic rings. The average Bonchev–Trinajstić information content (AvgIpc) is 2.36. The maximum atomic E-state index is 11.5. The van der Waals surface area contributed by atoms with Crippen LogP contribution in [-0.4, -0.2) is 24.1 Å². The van der Waals surface area contributed by atoms with Crippen LogP contribution in [0.1, 0.15) is 18.9 Å². The molecule has 98 valence electrons. The van der Waals surface area contributed by atoms with Crippen molar-refractivity contribution in [1.29, 1.82) is 0 Å². The van der Waals surface area contributed by atoms with Gasteiger partial charge in [0.25, 0.3) is 0 Å². The van der Waals surface area contributed by atoms with Crippen molar-refractivity contribution in [1.82, 2.24) is 0 Å². The van der Waals surface area contributed by atoms with Crippen molar-refractivity contribution in [2.75, 3.05) is 12.4 Å². The van der Waals surface area contributed by atoms with E-state index in [4.69, 9.17) is 34.3 Å². The molecule has 0 aromatic heterocycles. The summed E-state index contributed by atoms with van der Waals surface area (Å²) in [5, 5.41) is 3.59. The van der Waals surface area contributed by atoms with Crippen molar-refractivity contribution in [2.24, 2.45) is 5.73 Å². The Labute approximate surface area is 116 Å². The smallest absolute Gasteiger partial charge is 0.328 e. The zero-order valence-corrected chi connectivity index (χ0v) is 11.8. The van der Waals surface area contributed by atoms with Gasteiger partial charge in [0, 0.05) is 16.3 Å². The maximum absolute atomic E-state index is 11.5. The molecule has 4 nitrogen and oxygen atoms in total. The highest BCUT2D eigenvalue weighted by molar-refractivity contribution is 7.80. The number of nitrogens with two attached hydrogens (primary N) is 1. The highest BCUT2D eigenvalue weighted by Gasteiger charge is 2.18. The second-order valence-corrected chi connectivity index (χ2v) is 4.56. The molecule has 0 aliphatic carbocycles. The number of hydrogen-bond donors (Lipinski definition) is 2. The minimum atomic E-state index is -0.440. The summed E-state index contributed by atoms with van der Waals surface area (Å²) < 4.78 is 4.71. The number of ether oxygens (including phenoxy) is 1. The fourth-order valence-corrected chi connectivity index (χ4v) is 1.84. The zero-order valence-electron chi connectivity index (χ0n) is 10.2. The van der Waals surface area contributed by atoms with Gasteiger partial charge in [0.1, 0.15) is 11.0 Å². The number of carbonyl (C=O) groups is 1. The number of carbonyl (C=O) groups excluding carboxylic acids is 1. The monoisotopic (exact) mass is 286 g/mol. The number of rotatable bonds is 5. The summed E-state index contributed by atoms with van der Waals surface area (Å²) in [6.07, 6.45) is 0.589. The minimum absolute atomic E-state index is 0.222. The summed E-state index contributed by atoms with van der Waals surface area (Å²) in [5.41, 5.74) is 6.91. The number of thiocarbonyl (C=S) groups is 1. The van der Waals surface area contributed by atoms with Gasteiger partial charge in [-0.2, -0.15) is 0 Å². The highest BCUT2D eigenvalue weighted by Crippen LogP contribution is 2.22. The van der Waals surface area contributed by atoms with E-state index in [1.165, 1.54) is 7.11 Å². The molecular formula is C12H15ClN2O2S. The van der Waals surface area contributed by atoms with Crippen LogP contribution in [0.2, 0.25) is 5.02 Å². The standard InChI is InChI=1S/C12H15ClN2O2S/c1-3-9(12(16)17-2)15-10-5-4-7(13)6-8(10)11(14)18/h4-6,9,15H,3H2,1-2H3,(H2,14,18). The summed E-state index contributed by atoms with van der Waals surface area (Å²) in [7, 11) is 1.35. The van der Waals surface area contributed by atoms with Gasteiger partial charge in [-0.1, -0.05) is 30.7 Å². The van der Waals surface area contributed by atoms with E-state index in [9.17, 15) is 4.79 Å². The number of anilines is 1. The molecule has 0 aliphatic heterocycles. The molecule has 18 heavy (non-hydrogen) atoms. The molecule has 0 bridgehead atoms. The Bertz CT molecular complexity index is 465. The maximum Gasteiger partial charge on any atom is 0.328 e. The van der Waals surface area contributed by atoms with Gasteiger partial charge >= 0.3 is 5.97 Å². The van der Waals surface area contributed by atoms with E-state index < -0.39 is 6.04 Å². The van der Waals surface area contributed by atoms with Gasteiger partial charge in [-0.3, -0.25) is 0 Å².